The van der Waals surface area contributed by atoms with Gasteiger partial charge in [-0.3, -0.25) is 14.9 Å². The molecule has 0 aliphatic rings. The summed E-state index contributed by atoms with van der Waals surface area (Å²) in [6, 6.07) is 12.1. The van der Waals surface area contributed by atoms with Crippen molar-refractivity contribution in [3.05, 3.63) is 63.7 Å². The van der Waals surface area contributed by atoms with E-state index >= 15 is 0 Å². The maximum absolute atomic E-state index is 12.7. The van der Waals surface area contributed by atoms with E-state index in [-0.39, 0.29) is 11.6 Å². The molecule has 0 heterocycles. The van der Waals surface area contributed by atoms with Crippen LogP contribution in [0.4, 0.5) is 5.69 Å². The number of carbonyl (C=O) groups is 1. The minimum Gasteiger partial charge on any atom is -0.492 e. The van der Waals surface area contributed by atoms with Crippen molar-refractivity contribution in [2.24, 2.45) is 0 Å². The number of nitro groups is 1. The van der Waals surface area contributed by atoms with Crippen LogP contribution in [0.25, 0.3) is 0 Å². The number of nitro benzene ring substituents is 1. The van der Waals surface area contributed by atoms with Crippen LogP contribution >= 0.6 is 11.8 Å². The highest BCUT2D eigenvalue weighted by atomic mass is 32.2. The largest absolute Gasteiger partial charge is 0.492 e. The van der Waals surface area contributed by atoms with Crippen LogP contribution in [0.15, 0.2) is 47.4 Å². The molecule has 0 aromatic heterocycles. The molecule has 0 unspecified atom stereocenters. The molecule has 0 atom stereocenters. The van der Waals surface area contributed by atoms with Crippen molar-refractivity contribution in [1.82, 2.24) is 5.32 Å². The van der Waals surface area contributed by atoms with Crippen molar-refractivity contribution < 1.29 is 14.5 Å². The Bertz CT molecular complexity index is 856. The molecule has 0 aliphatic heterocycles. The number of rotatable bonds is 15. The molecule has 7 heteroatoms. The number of amides is 1. The summed E-state index contributed by atoms with van der Waals surface area (Å²) in [5, 5.41) is 13.7. The molecule has 2 aromatic rings. The quantitative estimate of drug-likeness (QED) is 0.144. The van der Waals surface area contributed by atoms with E-state index in [9.17, 15) is 14.9 Å². The van der Waals surface area contributed by atoms with Gasteiger partial charge < -0.3 is 10.1 Å². The van der Waals surface area contributed by atoms with Crippen molar-refractivity contribution in [2.75, 3.05) is 18.9 Å². The van der Waals surface area contributed by atoms with Gasteiger partial charge in [0.15, 0.2) is 0 Å². The van der Waals surface area contributed by atoms with Gasteiger partial charge in [0.25, 0.3) is 11.6 Å². The second kappa shape index (κ2) is 14.5. The van der Waals surface area contributed by atoms with Crippen LogP contribution in [0, 0.1) is 10.1 Å². The highest BCUT2D eigenvalue weighted by Gasteiger charge is 2.12. The van der Waals surface area contributed by atoms with Gasteiger partial charge in [0, 0.05) is 24.2 Å². The lowest BCUT2D eigenvalue weighted by Crippen LogP contribution is -2.25. The number of nitrogens with one attached hydrogen (secondary N) is 1. The van der Waals surface area contributed by atoms with Crippen LogP contribution in [0.5, 0.6) is 5.75 Å². The highest BCUT2D eigenvalue weighted by Crippen LogP contribution is 2.31. The van der Waals surface area contributed by atoms with Crippen molar-refractivity contribution in [3.63, 3.8) is 0 Å². The fraction of sp³-hybridized carbons (Fsp3) is 0.480. The number of ether oxygens (including phenoxy) is 1. The lowest BCUT2D eigenvalue weighted by Gasteiger charge is -2.13. The number of carbonyl (C=O) groups excluding carboxylic acids is 1. The summed E-state index contributed by atoms with van der Waals surface area (Å²) in [4.78, 5) is 24.0. The van der Waals surface area contributed by atoms with Gasteiger partial charge in [-0.1, -0.05) is 51.7 Å². The van der Waals surface area contributed by atoms with Gasteiger partial charge in [-0.15, -0.1) is 11.8 Å². The third-order valence-electron chi connectivity index (χ3n) is 5.06. The van der Waals surface area contributed by atoms with Crippen LogP contribution in [0.2, 0.25) is 0 Å². The van der Waals surface area contributed by atoms with E-state index in [1.807, 2.05) is 18.2 Å². The summed E-state index contributed by atoms with van der Waals surface area (Å²) in [5.74, 6) is 1.73. The van der Waals surface area contributed by atoms with Crippen molar-refractivity contribution in [1.29, 1.82) is 0 Å². The minimum absolute atomic E-state index is 0.0683. The Kier molecular flexibility index (Phi) is 11.7. The molecule has 32 heavy (non-hydrogen) atoms. The zero-order valence-corrected chi connectivity index (χ0v) is 19.9. The zero-order valence-electron chi connectivity index (χ0n) is 19.1. The van der Waals surface area contributed by atoms with E-state index in [4.69, 9.17) is 4.74 Å². The lowest BCUT2D eigenvalue weighted by molar-refractivity contribution is -0.384. The van der Waals surface area contributed by atoms with Gasteiger partial charge in [0.2, 0.25) is 0 Å². The fourth-order valence-corrected chi connectivity index (χ4v) is 4.20. The van der Waals surface area contributed by atoms with E-state index in [2.05, 4.69) is 19.2 Å². The topological polar surface area (TPSA) is 81.5 Å². The van der Waals surface area contributed by atoms with Gasteiger partial charge in [-0.05, 0) is 48.8 Å². The monoisotopic (exact) mass is 458 g/mol. The van der Waals surface area contributed by atoms with Gasteiger partial charge in [-0.2, -0.15) is 0 Å². The van der Waals surface area contributed by atoms with Gasteiger partial charge in [-0.25, -0.2) is 0 Å². The highest BCUT2D eigenvalue weighted by molar-refractivity contribution is 7.99. The van der Waals surface area contributed by atoms with Gasteiger partial charge in [0.1, 0.15) is 5.75 Å². The van der Waals surface area contributed by atoms with Crippen LogP contribution in [0.1, 0.15) is 68.3 Å². The number of thioether (sulfide) groups is 1. The third kappa shape index (κ3) is 8.91. The molecule has 174 valence electrons. The minimum atomic E-state index is -0.416. The average molecular weight is 459 g/mol. The first-order chi connectivity index (χ1) is 15.5. The van der Waals surface area contributed by atoms with E-state index in [0.29, 0.717) is 25.1 Å². The number of hydrogen-bond donors (Lipinski definition) is 1. The lowest BCUT2D eigenvalue weighted by atomic mass is 10.1. The van der Waals surface area contributed by atoms with E-state index < -0.39 is 4.92 Å². The first-order valence-corrected chi connectivity index (χ1v) is 12.4. The summed E-state index contributed by atoms with van der Waals surface area (Å²) in [7, 11) is 0. The molecule has 0 bridgehead atoms. The Morgan fingerprint density at radius 3 is 2.44 bits per heavy atom. The van der Waals surface area contributed by atoms with Crippen LogP contribution in [-0.4, -0.2) is 29.7 Å². The Morgan fingerprint density at radius 1 is 1.03 bits per heavy atom. The maximum Gasteiger partial charge on any atom is 0.269 e. The smallest absolute Gasteiger partial charge is 0.269 e. The molecule has 0 spiro atoms. The maximum atomic E-state index is 12.7. The molecule has 6 nitrogen and oxygen atoms in total. The SMILES string of the molecule is CCCCCOc1ccc(C(=O)NCCc2ccc([N+](=O)[O-])cc2)cc1SCCCCC. The molecular weight excluding hydrogens is 424 g/mol. The summed E-state index contributed by atoms with van der Waals surface area (Å²) in [6.45, 7) is 5.51. The second-order valence-corrected chi connectivity index (χ2v) is 8.84. The van der Waals surface area contributed by atoms with Crippen LogP contribution in [0.3, 0.4) is 0 Å². The van der Waals surface area contributed by atoms with Crippen molar-refractivity contribution in [2.45, 2.75) is 63.7 Å². The Labute approximate surface area is 195 Å². The molecule has 0 fully saturated rings. The summed E-state index contributed by atoms with van der Waals surface area (Å²) in [5.41, 5.74) is 1.63. The van der Waals surface area contributed by atoms with Crippen molar-refractivity contribution in [3.8, 4) is 5.75 Å². The first kappa shape index (κ1) is 25.7. The van der Waals surface area contributed by atoms with Crippen LogP contribution in [-0.2, 0) is 6.42 Å². The standard InChI is InChI=1S/C25H34N2O4S/c1-3-5-7-17-31-23-14-11-21(19-24(23)32-18-8-6-4-2)25(28)26-16-15-20-9-12-22(13-10-20)27(29)30/h9-14,19H,3-8,15-18H2,1-2H3,(H,26,28). The number of unbranched alkanes of at least 4 members (excludes halogenated alkanes) is 4. The number of benzene rings is 2. The Morgan fingerprint density at radius 2 is 1.75 bits per heavy atom. The molecule has 1 amide bonds. The number of non-ortho nitro benzene ring substituents is 1. The third-order valence-corrected chi connectivity index (χ3v) is 6.19. The van der Waals surface area contributed by atoms with E-state index in [1.54, 1.807) is 23.9 Å². The van der Waals surface area contributed by atoms with E-state index in [1.165, 1.54) is 25.0 Å². The first-order valence-electron chi connectivity index (χ1n) is 11.5. The zero-order chi connectivity index (χ0) is 23.2. The fourth-order valence-electron chi connectivity index (χ4n) is 3.16. The summed E-state index contributed by atoms with van der Waals surface area (Å²) in [6.07, 6.45) is 7.46. The normalized spacial score (nSPS) is 10.7. The summed E-state index contributed by atoms with van der Waals surface area (Å²) < 4.78 is 6.00. The molecule has 2 aromatic carbocycles. The van der Waals surface area contributed by atoms with Crippen molar-refractivity contribution >= 4 is 23.4 Å². The Balaban J connectivity index is 1.95. The Hall–Kier alpha value is -2.54. The molecule has 0 aliphatic carbocycles. The van der Waals surface area contributed by atoms with Crippen LogP contribution < -0.4 is 10.1 Å². The molecule has 2 rings (SSSR count). The number of nitrogens with zero attached hydrogens (tertiary/aromatic N) is 1. The van der Waals surface area contributed by atoms with Gasteiger partial charge >= 0.3 is 0 Å². The molecular formula is C25H34N2O4S. The number of hydrogen-bond acceptors (Lipinski definition) is 5. The summed E-state index contributed by atoms with van der Waals surface area (Å²) >= 11 is 1.75. The molecule has 1 N–H and O–H groups in total. The molecule has 0 saturated heterocycles. The molecule has 0 saturated carbocycles. The van der Waals surface area contributed by atoms with Gasteiger partial charge in [0.05, 0.1) is 16.4 Å². The van der Waals surface area contributed by atoms with E-state index in [0.717, 1.165) is 47.6 Å². The predicted molar refractivity (Wildman–Crippen MR) is 131 cm³/mol. The molecule has 0 radical (unpaired) electrons. The second-order valence-electron chi connectivity index (χ2n) is 7.70. The predicted octanol–water partition coefficient (Wildman–Crippen LogP) is 6.42. The average Bonchev–Trinajstić information content (AvgIpc) is 2.80.